The molecule has 2 heteroatoms. The van der Waals surface area contributed by atoms with Crippen LogP contribution in [0.15, 0.2) is 66.9 Å². The molecule has 25 heavy (non-hydrogen) atoms. The summed E-state index contributed by atoms with van der Waals surface area (Å²) in [5, 5.41) is 0.0779. The minimum absolute atomic E-state index is 0.0779. The van der Waals surface area contributed by atoms with Crippen molar-refractivity contribution in [1.29, 1.82) is 1.23 Å². The van der Waals surface area contributed by atoms with Gasteiger partial charge in [-0.05, 0) is 46.3 Å². The highest BCUT2D eigenvalue weighted by Gasteiger charge is 2.12. The van der Waals surface area contributed by atoms with Crippen LogP contribution in [-0.4, -0.2) is 14.9 Å². The average molecular weight is 353 g/mol. The van der Waals surface area contributed by atoms with Crippen LogP contribution < -0.4 is 5.19 Å². The van der Waals surface area contributed by atoms with E-state index in [4.69, 9.17) is 9.46 Å². The van der Waals surface area contributed by atoms with E-state index < -0.39 is 21.7 Å². The third-order valence-corrected chi connectivity index (χ3v) is 5.14. The maximum atomic E-state index is 8.75. The Kier molecular flexibility index (Phi) is 3.34. The van der Waals surface area contributed by atoms with Gasteiger partial charge in [0.1, 0.15) is 0 Å². The molecular weight excluding hydrogens is 318 g/mol. The predicted octanol–water partition coefficient (Wildman–Crippen LogP) is 5.31. The van der Waals surface area contributed by atoms with Crippen molar-refractivity contribution in [3.8, 4) is 22.4 Å². The molecule has 0 radical (unpaired) electrons. The fourth-order valence-corrected chi connectivity index (χ4v) is 3.67. The summed E-state index contributed by atoms with van der Waals surface area (Å²) in [5.74, 6) is 0.158. The van der Waals surface area contributed by atoms with Crippen molar-refractivity contribution >= 4 is 13.9 Å². The summed E-state index contributed by atoms with van der Waals surface area (Å²) in [7, 11) is -4.64. The monoisotopic (exact) mass is 352 g/mol. The Morgan fingerprint density at radius 3 is 2.40 bits per heavy atom. The third kappa shape index (κ3) is 4.26. The van der Waals surface area contributed by atoms with Crippen molar-refractivity contribution in [2.75, 3.05) is 0 Å². The third-order valence-electron chi connectivity index (χ3n) is 4.15. The SMILES string of the molecule is [2H]C([2H])([2H])[Si]([2H])(c1cnc(-c2cccc(-c3ccccc3)c2)cc1CC(C)C)C([2H])([2H])[2H]. The number of pyridine rings is 1. The molecule has 3 rings (SSSR count). The zero-order chi connectivity index (χ0) is 23.7. The molecule has 0 unspecified atom stereocenters. The van der Waals surface area contributed by atoms with Crippen LogP contribution in [0, 0.1) is 5.92 Å². The van der Waals surface area contributed by atoms with Crippen molar-refractivity contribution in [2.24, 2.45) is 5.92 Å². The van der Waals surface area contributed by atoms with Gasteiger partial charge in [0.05, 0.1) is 14.4 Å². The number of hydrogen-bond donors (Lipinski definition) is 0. The lowest BCUT2D eigenvalue weighted by Gasteiger charge is -2.15. The van der Waals surface area contributed by atoms with E-state index in [1.165, 1.54) is 6.20 Å². The van der Waals surface area contributed by atoms with Gasteiger partial charge in [0, 0.05) is 21.2 Å². The van der Waals surface area contributed by atoms with Gasteiger partial charge < -0.3 is 0 Å². The molecule has 0 bridgehead atoms. The second kappa shape index (κ2) is 7.79. The molecule has 0 atom stereocenters. The molecule has 1 aromatic heterocycles. The number of benzene rings is 2. The van der Waals surface area contributed by atoms with E-state index in [2.05, 4.69) is 4.98 Å². The highest BCUT2D eigenvalue weighted by Crippen LogP contribution is 2.25. The van der Waals surface area contributed by atoms with Gasteiger partial charge >= 0.3 is 0 Å². The first kappa shape index (κ1) is 10.7. The molecule has 0 spiro atoms. The predicted molar refractivity (Wildman–Crippen MR) is 112 cm³/mol. The Bertz CT molecular complexity index is 1060. The normalized spacial score (nSPS) is 16.8. The highest BCUT2D eigenvalue weighted by molar-refractivity contribution is 6.71. The molecule has 0 saturated carbocycles. The fourth-order valence-electron chi connectivity index (χ4n) is 2.98. The molecule has 0 amide bonds. The summed E-state index contributed by atoms with van der Waals surface area (Å²) in [4.78, 5) is 4.46. The summed E-state index contributed by atoms with van der Waals surface area (Å²) in [5.41, 5.74) is 4.16. The minimum atomic E-state index is -4.64. The van der Waals surface area contributed by atoms with Crippen molar-refractivity contribution in [1.82, 2.24) is 4.98 Å². The van der Waals surface area contributed by atoms with Crippen molar-refractivity contribution < 1.29 is 8.22 Å². The molecule has 2 aromatic carbocycles. The van der Waals surface area contributed by atoms with E-state index in [1.54, 1.807) is 6.07 Å². The molecular formula is C23H27NSi. The largest absolute Gasteiger partial charge is 0.256 e. The Morgan fingerprint density at radius 2 is 1.68 bits per heavy atom. The van der Waals surface area contributed by atoms with Crippen molar-refractivity contribution in [3.63, 3.8) is 0 Å². The zero-order valence-corrected chi connectivity index (χ0v) is 15.6. The average Bonchev–Trinajstić information content (AvgIpc) is 2.72. The standard InChI is InChI=1S/C23H27NSi/c1-17(2)13-21-15-22(24-16-23(21)25(3)4)20-12-8-11-19(14-20)18-9-6-5-7-10-18/h5-12,14-17,25H,13H2,1-4H3/i3D3,4D3,25D. The topological polar surface area (TPSA) is 12.9 Å². The van der Waals surface area contributed by atoms with E-state index in [0.717, 1.165) is 16.7 Å². The number of aromatic nitrogens is 1. The van der Waals surface area contributed by atoms with E-state index in [-0.39, 0.29) is 11.1 Å². The van der Waals surface area contributed by atoms with Crippen LogP contribution in [-0.2, 0) is 6.42 Å². The maximum Gasteiger partial charge on any atom is 0.0704 e. The molecule has 0 fully saturated rings. The quantitative estimate of drug-likeness (QED) is 0.567. The first-order valence-electron chi connectivity index (χ1n) is 12.0. The van der Waals surface area contributed by atoms with E-state index >= 15 is 0 Å². The van der Waals surface area contributed by atoms with Gasteiger partial charge in [-0.25, -0.2) is 0 Å². The molecule has 0 aliphatic rings. The molecule has 1 heterocycles. The van der Waals surface area contributed by atoms with Gasteiger partial charge in [-0.2, -0.15) is 0 Å². The summed E-state index contributed by atoms with van der Waals surface area (Å²) in [6.07, 6.45) is 1.81. The summed E-state index contributed by atoms with van der Waals surface area (Å²) in [6, 6.07) is 19.6. The Hall–Kier alpha value is -2.19. The van der Waals surface area contributed by atoms with E-state index in [1.807, 2.05) is 68.4 Å². The van der Waals surface area contributed by atoms with Crippen LogP contribution in [0.5, 0.6) is 0 Å². The van der Waals surface area contributed by atoms with E-state index in [0.29, 0.717) is 17.7 Å². The first-order valence-corrected chi connectivity index (χ1v) is 10.00. The first-order chi connectivity index (χ1) is 14.8. The van der Waals surface area contributed by atoms with Gasteiger partial charge in [-0.1, -0.05) is 75.3 Å². The lowest BCUT2D eigenvalue weighted by molar-refractivity contribution is 0.649. The fraction of sp³-hybridized carbons (Fsp3) is 0.261. The Morgan fingerprint density at radius 1 is 0.960 bits per heavy atom. The van der Waals surface area contributed by atoms with E-state index in [9.17, 15) is 0 Å². The number of nitrogens with zero attached hydrogens (tertiary/aromatic N) is 1. The molecule has 0 N–H and O–H groups in total. The Balaban J connectivity index is 2.16. The number of rotatable bonds is 5. The second-order valence-corrected chi connectivity index (χ2v) is 7.94. The highest BCUT2D eigenvalue weighted by atomic mass is 28.3. The van der Waals surface area contributed by atoms with Crippen molar-refractivity contribution in [3.05, 3.63) is 72.4 Å². The second-order valence-electron chi connectivity index (χ2n) is 6.65. The van der Waals surface area contributed by atoms with Crippen LogP contribution in [0.2, 0.25) is 13.0 Å². The summed E-state index contributed by atoms with van der Waals surface area (Å²) >= 11 is 0. The molecule has 0 aliphatic heterocycles. The van der Waals surface area contributed by atoms with Crippen LogP contribution in [0.3, 0.4) is 0 Å². The molecule has 128 valence electrons. The zero-order valence-electron chi connectivity index (χ0n) is 21.6. The van der Waals surface area contributed by atoms with Gasteiger partial charge in [0.15, 0.2) is 0 Å². The van der Waals surface area contributed by atoms with Gasteiger partial charge in [-0.15, -0.1) is 0 Å². The maximum absolute atomic E-state index is 8.75. The smallest absolute Gasteiger partial charge is 0.0704 e. The lowest BCUT2D eigenvalue weighted by Crippen LogP contribution is -2.28. The van der Waals surface area contributed by atoms with Gasteiger partial charge in [0.25, 0.3) is 0 Å². The molecule has 3 aromatic rings. The van der Waals surface area contributed by atoms with Crippen LogP contribution in [0.4, 0.5) is 0 Å². The van der Waals surface area contributed by atoms with Gasteiger partial charge in [-0.3, -0.25) is 4.98 Å². The molecule has 0 saturated heterocycles. The lowest BCUT2D eigenvalue weighted by atomic mass is 9.99. The van der Waals surface area contributed by atoms with Crippen LogP contribution >= 0.6 is 0 Å². The Labute approximate surface area is 163 Å². The minimum Gasteiger partial charge on any atom is -0.256 e. The van der Waals surface area contributed by atoms with Crippen molar-refractivity contribution in [2.45, 2.75) is 33.2 Å². The summed E-state index contributed by atoms with van der Waals surface area (Å²) in [6.45, 7) is -1.84. The molecule has 0 aliphatic carbocycles. The van der Waals surface area contributed by atoms with Crippen LogP contribution in [0.25, 0.3) is 22.4 Å². The van der Waals surface area contributed by atoms with Crippen LogP contribution in [0.1, 0.15) is 27.6 Å². The molecule has 1 nitrogen and oxygen atoms in total. The number of hydrogen-bond acceptors (Lipinski definition) is 1. The summed E-state index contributed by atoms with van der Waals surface area (Å²) < 4.78 is 56.3. The van der Waals surface area contributed by atoms with Gasteiger partial charge in [0.2, 0.25) is 0 Å².